The summed E-state index contributed by atoms with van der Waals surface area (Å²) < 4.78 is 16.2. The first-order valence-corrected chi connectivity index (χ1v) is 13.4. The minimum absolute atomic E-state index is 0.0798. The molecule has 1 atom stereocenters. The van der Waals surface area contributed by atoms with Crippen LogP contribution in [0.3, 0.4) is 0 Å². The van der Waals surface area contributed by atoms with Gasteiger partial charge in [0.05, 0.1) is 20.3 Å². The van der Waals surface area contributed by atoms with E-state index in [2.05, 4.69) is 11.1 Å². The number of rotatable bonds is 10. The first kappa shape index (κ1) is 26.4. The van der Waals surface area contributed by atoms with Gasteiger partial charge in [0.2, 0.25) is 5.91 Å². The first-order valence-electron chi connectivity index (χ1n) is 13.4. The molecule has 39 heavy (non-hydrogen) atoms. The van der Waals surface area contributed by atoms with Crippen molar-refractivity contribution >= 4 is 22.8 Å². The van der Waals surface area contributed by atoms with E-state index in [1.54, 1.807) is 7.11 Å². The van der Waals surface area contributed by atoms with Gasteiger partial charge in [-0.05, 0) is 66.3 Å². The fraction of sp³-hybridized carbons (Fsp3) is 0.312. The number of amides is 1. The van der Waals surface area contributed by atoms with Gasteiger partial charge in [0, 0.05) is 36.0 Å². The maximum absolute atomic E-state index is 13.5. The van der Waals surface area contributed by atoms with E-state index in [1.165, 1.54) is 12.7 Å². The molecule has 5 rings (SSSR count). The molecule has 1 amide bonds. The van der Waals surface area contributed by atoms with Crippen LogP contribution in [0.25, 0.3) is 10.9 Å². The Balaban J connectivity index is 1.40. The monoisotopic (exact) mass is 526 g/mol. The fourth-order valence-electron chi connectivity index (χ4n) is 5.29. The number of methoxy groups -OCH3 is 2. The van der Waals surface area contributed by atoms with Gasteiger partial charge in [0.15, 0.2) is 0 Å². The van der Waals surface area contributed by atoms with Gasteiger partial charge in [-0.1, -0.05) is 42.5 Å². The SMILES string of the molecule is COC(=O)CCCCC(=O)N1CCc2c([nH]c3ccc(OC)cc23)C1c1ccc(OCc2ccccc2)cc1. The molecule has 3 aromatic carbocycles. The van der Waals surface area contributed by atoms with E-state index in [4.69, 9.17) is 14.2 Å². The van der Waals surface area contributed by atoms with E-state index in [0.29, 0.717) is 38.8 Å². The molecule has 4 aromatic rings. The van der Waals surface area contributed by atoms with Gasteiger partial charge in [0.1, 0.15) is 18.1 Å². The normalized spacial score (nSPS) is 14.6. The summed E-state index contributed by atoms with van der Waals surface area (Å²) in [5.41, 5.74) is 5.40. The van der Waals surface area contributed by atoms with Crippen molar-refractivity contribution in [3.05, 3.63) is 95.2 Å². The zero-order valence-corrected chi connectivity index (χ0v) is 22.4. The molecule has 7 nitrogen and oxygen atoms in total. The fourth-order valence-corrected chi connectivity index (χ4v) is 5.29. The molecule has 202 valence electrons. The van der Waals surface area contributed by atoms with Crippen LogP contribution in [0, 0.1) is 0 Å². The van der Waals surface area contributed by atoms with Crippen LogP contribution in [-0.4, -0.2) is 42.5 Å². The summed E-state index contributed by atoms with van der Waals surface area (Å²) in [6, 6.07) is 23.9. The highest BCUT2D eigenvalue weighted by molar-refractivity contribution is 5.88. The zero-order valence-electron chi connectivity index (χ0n) is 22.4. The van der Waals surface area contributed by atoms with Gasteiger partial charge in [-0.15, -0.1) is 0 Å². The summed E-state index contributed by atoms with van der Waals surface area (Å²) in [4.78, 5) is 30.6. The minimum atomic E-state index is -0.247. The molecule has 0 bridgehead atoms. The summed E-state index contributed by atoms with van der Waals surface area (Å²) in [6.45, 7) is 1.11. The van der Waals surface area contributed by atoms with E-state index < -0.39 is 0 Å². The Labute approximate surface area is 228 Å². The maximum atomic E-state index is 13.5. The predicted molar refractivity (Wildman–Crippen MR) is 150 cm³/mol. The van der Waals surface area contributed by atoms with Crippen LogP contribution < -0.4 is 9.47 Å². The molecule has 2 heterocycles. The second-order valence-electron chi connectivity index (χ2n) is 9.79. The van der Waals surface area contributed by atoms with Gasteiger partial charge in [-0.2, -0.15) is 0 Å². The Morgan fingerprint density at radius 3 is 2.41 bits per heavy atom. The molecule has 1 aliphatic rings. The summed E-state index contributed by atoms with van der Waals surface area (Å²) in [5, 5.41) is 1.13. The quantitative estimate of drug-likeness (QED) is 0.204. The average Bonchev–Trinajstić information content (AvgIpc) is 3.36. The average molecular weight is 527 g/mol. The number of nitrogens with zero attached hydrogens (tertiary/aromatic N) is 1. The Hall–Kier alpha value is -4.26. The number of hydrogen-bond donors (Lipinski definition) is 1. The van der Waals surface area contributed by atoms with Crippen molar-refractivity contribution in [2.24, 2.45) is 0 Å². The van der Waals surface area contributed by atoms with Crippen LogP contribution in [0.5, 0.6) is 11.5 Å². The van der Waals surface area contributed by atoms with Gasteiger partial charge < -0.3 is 24.1 Å². The van der Waals surface area contributed by atoms with E-state index in [0.717, 1.165) is 45.6 Å². The topological polar surface area (TPSA) is 80.9 Å². The standard InChI is InChI=1S/C32H34N2O5/c1-37-25-16-17-28-27(20-25)26-18-19-34(29(35)10-6-7-11-30(36)38-2)32(31(26)33-28)23-12-14-24(15-13-23)39-21-22-8-4-3-5-9-22/h3-5,8-9,12-17,20,32-33H,6-7,10-11,18-19,21H2,1-2H3. The molecule has 0 spiro atoms. The lowest BCUT2D eigenvalue weighted by Gasteiger charge is -2.36. The second kappa shape index (κ2) is 12.1. The molecule has 1 aliphatic heterocycles. The Kier molecular flexibility index (Phi) is 8.16. The number of aromatic amines is 1. The van der Waals surface area contributed by atoms with Crippen molar-refractivity contribution < 1.29 is 23.8 Å². The van der Waals surface area contributed by atoms with Crippen LogP contribution in [-0.2, 0) is 27.4 Å². The molecule has 0 saturated carbocycles. The molecule has 1 N–H and O–H groups in total. The molecule has 0 aliphatic carbocycles. The number of esters is 1. The van der Waals surface area contributed by atoms with Crippen molar-refractivity contribution in [3.63, 3.8) is 0 Å². The number of ether oxygens (including phenoxy) is 3. The third kappa shape index (κ3) is 5.93. The smallest absolute Gasteiger partial charge is 0.305 e. The van der Waals surface area contributed by atoms with Gasteiger partial charge in [0.25, 0.3) is 0 Å². The molecule has 0 saturated heterocycles. The Morgan fingerprint density at radius 2 is 1.67 bits per heavy atom. The second-order valence-corrected chi connectivity index (χ2v) is 9.79. The molecule has 1 unspecified atom stereocenters. The van der Waals surface area contributed by atoms with Crippen LogP contribution in [0.15, 0.2) is 72.8 Å². The number of carbonyl (C=O) groups is 2. The Morgan fingerprint density at radius 1 is 0.923 bits per heavy atom. The lowest BCUT2D eigenvalue weighted by Crippen LogP contribution is -2.40. The summed E-state index contributed by atoms with van der Waals surface area (Å²) in [5.74, 6) is 1.42. The number of benzene rings is 3. The van der Waals surface area contributed by atoms with Crippen molar-refractivity contribution in [1.82, 2.24) is 9.88 Å². The first-order chi connectivity index (χ1) is 19.1. The largest absolute Gasteiger partial charge is 0.497 e. The minimum Gasteiger partial charge on any atom is -0.497 e. The molecular weight excluding hydrogens is 492 g/mol. The van der Waals surface area contributed by atoms with Gasteiger partial charge in [-0.25, -0.2) is 0 Å². The molecule has 7 heteroatoms. The molecular formula is C32H34N2O5. The van der Waals surface area contributed by atoms with Gasteiger partial charge in [-0.3, -0.25) is 9.59 Å². The van der Waals surface area contributed by atoms with Crippen molar-refractivity contribution in [2.75, 3.05) is 20.8 Å². The third-order valence-electron chi connectivity index (χ3n) is 7.35. The highest BCUT2D eigenvalue weighted by Gasteiger charge is 2.34. The summed E-state index contributed by atoms with van der Waals surface area (Å²) >= 11 is 0. The highest BCUT2D eigenvalue weighted by Crippen LogP contribution is 2.40. The number of hydrogen-bond acceptors (Lipinski definition) is 5. The molecule has 0 radical (unpaired) electrons. The van der Waals surface area contributed by atoms with E-state index in [-0.39, 0.29) is 17.9 Å². The van der Waals surface area contributed by atoms with E-state index >= 15 is 0 Å². The van der Waals surface area contributed by atoms with E-state index in [1.807, 2.05) is 71.6 Å². The zero-order chi connectivity index (χ0) is 27.2. The van der Waals surface area contributed by atoms with Gasteiger partial charge >= 0.3 is 5.97 Å². The maximum Gasteiger partial charge on any atom is 0.305 e. The highest BCUT2D eigenvalue weighted by atomic mass is 16.5. The summed E-state index contributed by atoms with van der Waals surface area (Å²) in [6.07, 6.45) is 2.73. The lowest BCUT2D eigenvalue weighted by atomic mass is 9.91. The van der Waals surface area contributed by atoms with Crippen molar-refractivity contribution in [1.29, 1.82) is 0 Å². The number of carbonyl (C=O) groups excluding carboxylic acids is 2. The lowest BCUT2D eigenvalue weighted by molar-refractivity contribution is -0.141. The van der Waals surface area contributed by atoms with E-state index in [9.17, 15) is 9.59 Å². The molecule has 1 aromatic heterocycles. The van der Waals surface area contributed by atoms with Crippen molar-refractivity contribution in [3.8, 4) is 11.5 Å². The number of fused-ring (bicyclic) bond motifs is 3. The third-order valence-corrected chi connectivity index (χ3v) is 7.35. The number of H-pyrrole nitrogens is 1. The van der Waals surface area contributed by atoms with Crippen LogP contribution in [0.2, 0.25) is 0 Å². The number of aromatic nitrogens is 1. The molecule has 0 fully saturated rings. The van der Waals surface area contributed by atoms with Crippen LogP contribution in [0.1, 0.15) is 54.1 Å². The number of unbranched alkanes of at least 4 members (excludes halogenated alkanes) is 1. The predicted octanol–water partition coefficient (Wildman–Crippen LogP) is 5.96. The van der Waals surface area contributed by atoms with Crippen LogP contribution in [0.4, 0.5) is 0 Å². The Bertz CT molecular complexity index is 1430. The van der Waals surface area contributed by atoms with Crippen LogP contribution >= 0.6 is 0 Å². The van der Waals surface area contributed by atoms with Crippen molar-refractivity contribution in [2.45, 2.75) is 44.8 Å². The number of nitrogens with one attached hydrogen (secondary N) is 1. The summed E-state index contributed by atoms with van der Waals surface area (Å²) in [7, 11) is 3.06.